The van der Waals surface area contributed by atoms with Crippen LogP contribution in [0.25, 0.3) is 0 Å². The Kier molecular flexibility index (Phi) is 4.50. The zero-order valence-corrected chi connectivity index (χ0v) is 12.4. The van der Waals surface area contributed by atoms with Crippen LogP contribution < -0.4 is 10.1 Å². The first-order chi connectivity index (χ1) is 9.97. The molecule has 21 heavy (non-hydrogen) atoms. The highest BCUT2D eigenvalue weighted by atomic mass is 16.5. The monoisotopic (exact) mass is 291 g/mol. The van der Waals surface area contributed by atoms with Gasteiger partial charge in [0, 0.05) is 5.56 Å². The molecule has 0 aromatic heterocycles. The van der Waals surface area contributed by atoms with Crippen LogP contribution in [0.4, 0.5) is 0 Å². The number of amides is 1. The number of carboxylic acid groups (broad SMARTS) is 1. The number of benzene rings is 1. The van der Waals surface area contributed by atoms with E-state index in [0.717, 1.165) is 19.3 Å². The van der Waals surface area contributed by atoms with Gasteiger partial charge in [0.2, 0.25) is 0 Å². The summed E-state index contributed by atoms with van der Waals surface area (Å²) < 4.78 is 5.45. The third kappa shape index (κ3) is 3.54. The minimum Gasteiger partial charge on any atom is -0.494 e. The number of hydrogen-bond acceptors (Lipinski definition) is 3. The van der Waals surface area contributed by atoms with Crippen LogP contribution in [0, 0.1) is 5.92 Å². The molecule has 0 spiro atoms. The molecule has 2 N–H and O–H groups in total. The average molecular weight is 291 g/mol. The third-order valence-electron chi connectivity index (χ3n) is 3.80. The summed E-state index contributed by atoms with van der Waals surface area (Å²) in [5.74, 6) is -0.627. The molecule has 1 aliphatic carbocycles. The number of carbonyl (C=O) groups is 2. The summed E-state index contributed by atoms with van der Waals surface area (Å²) in [6.07, 6.45) is 2.60. The summed E-state index contributed by atoms with van der Waals surface area (Å²) >= 11 is 0. The summed E-state index contributed by atoms with van der Waals surface area (Å²) in [6.45, 7) is 4.22. The molecule has 114 valence electrons. The number of rotatable bonds is 7. The van der Waals surface area contributed by atoms with Crippen molar-refractivity contribution in [2.45, 2.75) is 38.6 Å². The topological polar surface area (TPSA) is 75.6 Å². The molecule has 1 aliphatic rings. The SMILES string of the molecule is CCCOc1ccc(C(=O)NC(C)(C(=O)O)C2CC2)cc1. The molecule has 1 amide bonds. The van der Waals surface area contributed by atoms with Gasteiger partial charge in [-0.05, 0) is 56.4 Å². The van der Waals surface area contributed by atoms with Crippen LogP contribution in [0.5, 0.6) is 5.75 Å². The maximum absolute atomic E-state index is 12.2. The summed E-state index contributed by atoms with van der Waals surface area (Å²) in [4.78, 5) is 23.6. The van der Waals surface area contributed by atoms with Crippen molar-refractivity contribution in [1.29, 1.82) is 0 Å². The lowest BCUT2D eigenvalue weighted by atomic mass is 9.95. The van der Waals surface area contributed by atoms with E-state index < -0.39 is 11.5 Å². The van der Waals surface area contributed by atoms with E-state index in [1.165, 1.54) is 0 Å². The zero-order valence-electron chi connectivity index (χ0n) is 12.4. The van der Waals surface area contributed by atoms with Crippen molar-refractivity contribution in [2.75, 3.05) is 6.61 Å². The van der Waals surface area contributed by atoms with Crippen molar-refractivity contribution in [3.63, 3.8) is 0 Å². The molecule has 1 fully saturated rings. The van der Waals surface area contributed by atoms with Gasteiger partial charge in [0.15, 0.2) is 0 Å². The number of hydrogen-bond donors (Lipinski definition) is 2. The van der Waals surface area contributed by atoms with Gasteiger partial charge in [0.1, 0.15) is 11.3 Å². The van der Waals surface area contributed by atoms with Crippen molar-refractivity contribution in [1.82, 2.24) is 5.32 Å². The Morgan fingerprint density at radius 2 is 1.95 bits per heavy atom. The second kappa shape index (κ2) is 6.16. The third-order valence-corrected chi connectivity index (χ3v) is 3.80. The van der Waals surface area contributed by atoms with E-state index in [9.17, 15) is 14.7 Å². The second-order valence-electron chi connectivity index (χ2n) is 5.61. The predicted octanol–water partition coefficient (Wildman–Crippen LogP) is 2.46. The molecular weight excluding hydrogens is 270 g/mol. The van der Waals surface area contributed by atoms with Crippen molar-refractivity contribution in [2.24, 2.45) is 5.92 Å². The van der Waals surface area contributed by atoms with Gasteiger partial charge in [0.05, 0.1) is 6.61 Å². The van der Waals surface area contributed by atoms with E-state index in [2.05, 4.69) is 5.32 Å². The minimum atomic E-state index is -1.19. The Morgan fingerprint density at radius 3 is 2.43 bits per heavy atom. The standard InChI is InChI=1S/C16H21NO4/c1-3-10-21-13-8-4-11(5-9-13)14(18)17-16(2,15(19)20)12-6-7-12/h4-5,8-9,12H,3,6-7,10H2,1-2H3,(H,17,18)(H,19,20). The molecule has 0 heterocycles. The summed E-state index contributed by atoms with van der Waals surface area (Å²) in [6, 6.07) is 6.74. The summed E-state index contributed by atoms with van der Waals surface area (Å²) in [5.41, 5.74) is -0.749. The van der Waals surface area contributed by atoms with Gasteiger partial charge >= 0.3 is 5.97 Å². The molecule has 5 nitrogen and oxygen atoms in total. The predicted molar refractivity (Wildman–Crippen MR) is 78.5 cm³/mol. The van der Waals surface area contributed by atoms with Gasteiger partial charge < -0.3 is 15.2 Å². The van der Waals surface area contributed by atoms with E-state index in [4.69, 9.17) is 4.74 Å². The first-order valence-corrected chi connectivity index (χ1v) is 7.26. The first-order valence-electron chi connectivity index (χ1n) is 7.26. The highest BCUT2D eigenvalue weighted by Crippen LogP contribution is 2.39. The van der Waals surface area contributed by atoms with Crippen molar-refractivity contribution in [3.05, 3.63) is 29.8 Å². The molecule has 2 rings (SSSR count). The van der Waals surface area contributed by atoms with Crippen molar-refractivity contribution in [3.8, 4) is 5.75 Å². The van der Waals surface area contributed by atoms with Gasteiger partial charge in [-0.1, -0.05) is 6.92 Å². The Morgan fingerprint density at radius 1 is 1.33 bits per heavy atom. The fourth-order valence-electron chi connectivity index (χ4n) is 2.22. The van der Waals surface area contributed by atoms with E-state index in [0.29, 0.717) is 17.9 Å². The molecule has 0 aliphatic heterocycles. The van der Waals surface area contributed by atoms with Gasteiger partial charge in [-0.2, -0.15) is 0 Å². The van der Waals surface area contributed by atoms with Crippen molar-refractivity contribution >= 4 is 11.9 Å². The smallest absolute Gasteiger partial charge is 0.329 e. The lowest BCUT2D eigenvalue weighted by Crippen LogP contribution is -2.54. The molecule has 1 atom stereocenters. The van der Waals surface area contributed by atoms with Crippen LogP contribution in [-0.4, -0.2) is 29.1 Å². The van der Waals surface area contributed by atoms with Gasteiger partial charge in [-0.25, -0.2) is 4.79 Å². The number of carbonyl (C=O) groups excluding carboxylic acids is 1. The Hall–Kier alpha value is -2.04. The van der Waals surface area contributed by atoms with E-state index in [1.807, 2.05) is 6.92 Å². The quantitative estimate of drug-likeness (QED) is 0.809. The van der Waals surface area contributed by atoms with E-state index in [-0.39, 0.29) is 11.8 Å². The van der Waals surface area contributed by atoms with E-state index >= 15 is 0 Å². The van der Waals surface area contributed by atoms with Crippen LogP contribution in [-0.2, 0) is 4.79 Å². The van der Waals surface area contributed by atoms with Crippen LogP contribution in [0.15, 0.2) is 24.3 Å². The number of nitrogens with one attached hydrogen (secondary N) is 1. The van der Waals surface area contributed by atoms with Crippen LogP contribution in [0.1, 0.15) is 43.5 Å². The fourth-order valence-corrected chi connectivity index (χ4v) is 2.22. The van der Waals surface area contributed by atoms with Gasteiger partial charge in [-0.15, -0.1) is 0 Å². The Labute approximate surface area is 124 Å². The van der Waals surface area contributed by atoms with Gasteiger partial charge in [-0.3, -0.25) is 4.79 Å². The van der Waals surface area contributed by atoms with Crippen LogP contribution >= 0.6 is 0 Å². The lowest BCUT2D eigenvalue weighted by molar-refractivity contribution is -0.144. The number of aliphatic carboxylic acids is 1. The molecule has 5 heteroatoms. The molecule has 0 saturated heterocycles. The second-order valence-corrected chi connectivity index (χ2v) is 5.61. The zero-order chi connectivity index (χ0) is 15.5. The largest absolute Gasteiger partial charge is 0.494 e. The maximum atomic E-state index is 12.2. The average Bonchev–Trinajstić information content (AvgIpc) is 3.30. The molecule has 1 aromatic rings. The molecule has 1 aromatic carbocycles. The van der Waals surface area contributed by atoms with Crippen LogP contribution in [0.3, 0.4) is 0 Å². The molecular formula is C16H21NO4. The number of carboxylic acids is 1. The first kappa shape index (κ1) is 15.4. The summed E-state index contributed by atoms with van der Waals surface area (Å²) in [5, 5.41) is 12.0. The molecule has 1 saturated carbocycles. The Bertz CT molecular complexity index is 522. The van der Waals surface area contributed by atoms with Gasteiger partial charge in [0.25, 0.3) is 5.91 Å². The molecule has 1 unspecified atom stereocenters. The highest BCUT2D eigenvalue weighted by molar-refractivity contribution is 5.98. The maximum Gasteiger partial charge on any atom is 0.329 e. The highest BCUT2D eigenvalue weighted by Gasteiger charge is 2.48. The minimum absolute atomic E-state index is 0.0195. The Balaban J connectivity index is 2.04. The van der Waals surface area contributed by atoms with Crippen molar-refractivity contribution < 1.29 is 19.4 Å². The summed E-state index contributed by atoms with van der Waals surface area (Å²) in [7, 11) is 0. The van der Waals surface area contributed by atoms with E-state index in [1.54, 1.807) is 31.2 Å². The lowest BCUT2D eigenvalue weighted by Gasteiger charge is -2.26. The normalized spacial score (nSPS) is 16.9. The van der Waals surface area contributed by atoms with Crippen LogP contribution in [0.2, 0.25) is 0 Å². The molecule has 0 bridgehead atoms. The number of ether oxygens (including phenoxy) is 1. The fraction of sp³-hybridized carbons (Fsp3) is 0.500. The molecule has 0 radical (unpaired) electrons.